The molecular formula is C19H27N5O2. The van der Waals surface area contributed by atoms with Crippen molar-refractivity contribution in [3.05, 3.63) is 35.7 Å². The third-order valence-corrected chi connectivity index (χ3v) is 4.72. The fourth-order valence-corrected chi connectivity index (χ4v) is 3.11. The maximum absolute atomic E-state index is 11.9. The van der Waals surface area contributed by atoms with Gasteiger partial charge in [-0.3, -0.25) is 9.69 Å². The lowest BCUT2D eigenvalue weighted by Crippen LogP contribution is -2.52. The Morgan fingerprint density at radius 1 is 1.23 bits per heavy atom. The monoisotopic (exact) mass is 357 g/mol. The van der Waals surface area contributed by atoms with Gasteiger partial charge in [-0.25, -0.2) is 0 Å². The molecule has 7 heteroatoms. The highest BCUT2D eigenvalue weighted by atomic mass is 16.5. The first-order valence-electron chi connectivity index (χ1n) is 9.19. The minimum Gasteiger partial charge on any atom is -0.339 e. The van der Waals surface area contributed by atoms with E-state index in [4.69, 9.17) is 10.3 Å². The Morgan fingerprint density at radius 3 is 2.58 bits per heavy atom. The average molecular weight is 357 g/mol. The smallest absolute Gasteiger partial charge is 0.239 e. The summed E-state index contributed by atoms with van der Waals surface area (Å²) in [4.78, 5) is 20.6. The summed E-state index contributed by atoms with van der Waals surface area (Å²) < 4.78 is 5.37. The molecule has 7 nitrogen and oxygen atoms in total. The Kier molecular flexibility index (Phi) is 6.00. The summed E-state index contributed by atoms with van der Waals surface area (Å²) in [5, 5.41) is 4.07. The summed E-state index contributed by atoms with van der Waals surface area (Å²) in [6.07, 6.45) is 1.72. The summed E-state index contributed by atoms with van der Waals surface area (Å²) >= 11 is 0. The van der Waals surface area contributed by atoms with Crippen molar-refractivity contribution in [1.82, 2.24) is 19.9 Å². The van der Waals surface area contributed by atoms with Crippen LogP contribution in [0.3, 0.4) is 0 Å². The van der Waals surface area contributed by atoms with Crippen molar-refractivity contribution in [2.24, 2.45) is 5.73 Å². The van der Waals surface area contributed by atoms with E-state index in [9.17, 15) is 4.79 Å². The number of carbonyl (C=O) groups is 1. The number of aryl methyl sites for hydroxylation is 2. The summed E-state index contributed by atoms with van der Waals surface area (Å²) in [5.41, 5.74) is 7.85. The number of aromatic nitrogens is 2. The second-order valence-electron chi connectivity index (χ2n) is 6.94. The van der Waals surface area contributed by atoms with Crippen molar-refractivity contribution >= 4 is 5.91 Å². The third kappa shape index (κ3) is 4.68. The highest BCUT2D eigenvalue weighted by molar-refractivity contribution is 5.81. The number of nitrogens with two attached hydrogens (primary N) is 1. The van der Waals surface area contributed by atoms with Gasteiger partial charge in [0.2, 0.25) is 17.6 Å². The number of benzene rings is 1. The maximum Gasteiger partial charge on any atom is 0.239 e. The standard InChI is InChI=1S/C19H27N5O2/c1-14-5-7-16(8-6-14)18-21-17(26-22-18)4-3-9-23-10-12-24(13-11-23)19(25)15(2)20/h5-8,15H,3-4,9-13,20H2,1-2H3. The van der Waals surface area contributed by atoms with Gasteiger partial charge in [0.05, 0.1) is 6.04 Å². The topological polar surface area (TPSA) is 88.5 Å². The molecule has 26 heavy (non-hydrogen) atoms. The second-order valence-corrected chi connectivity index (χ2v) is 6.94. The van der Waals surface area contributed by atoms with Crippen LogP contribution in [0.1, 0.15) is 24.8 Å². The van der Waals surface area contributed by atoms with Crippen LogP contribution in [0, 0.1) is 6.92 Å². The van der Waals surface area contributed by atoms with Gasteiger partial charge in [0.1, 0.15) is 0 Å². The van der Waals surface area contributed by atoms with Gasteiger partial charge in [-0.05, 0) is 26.8 Å². The van der Waals surface area contributed by atoms with E-state index in [0.717, 1.165) is 51.1 Å². The Labute approximate surface area is 154 Å². The van der Waals surface area contributed by atoms with Crippen molar-refractivity contribution in [3.8, 4) is 11.4 Å². The van der Waals surface area contributed by atoms with Gasteiger partial charge in [-0.1, -0.05) is 35.0 Å². The quantitative estimate of drug-likeness (QED) is 0.842. The molecule has 2 aromatic rings. The summed E-state index contributed by atoms with van der Waals surface area (Å²) in [5.74, 6) is 1.36. The van der Waals surface area contributed by atoms with E-state index >= 15 is 0 Å². The Morgan fingerprint density at radius 2 is 1.92 bits per heavy atom. The first-order valence-corrected chi connectivity index (χ1v) is 9.19. The fourth-order valence-electron chi connectivity index (χ4n) is 3.11. The van der Waals surface area contributed by atoms with Crippen LogP contribution in [-0.4, -0.2) is 64.6 Å². The molecule has 1 aromatic carbocycles. The van der Waals surface area contributed by atoms with E-state index in [-0.39, 0.29) is 5.91 Å². The van der Waals surface area contributed by atoms with Crippen molar-refractivity contribution in [3.63, 3.8) is 0 Å². The lowest BCUT2D eigenvalue weighted by molar-refractivity contribution is -0.133. The largest absolute Gasteiger partial charge is 0.339 e. The number of hydrogen-bond donors (Lipinski definition) is 1. The average Bonchev–Trinajstić information content (AvgIpc) is 3.11. The summed E-state index contributed by atoms with van der Waals surface area (Å²) in [6, 6.07) is 7.68. The lowest BCUT2D eigenvalue weighted by atomic mass is 10.1. The molecule has 140 valence electrons. The molecule has 1 unspecified atom stereocenters. The molecule has 0 saturated carbocycles. The molecule has 1 fully saturated rings. The number of hydrogen-bond acceptors (Lipinski definition) is 6. The number of rotatable bonds is 6. The van der Waals surface area contributed by atoms with E-state index in [1.165, 1.54) is 5.56 Å². The van der Waals surface area contributed by atoms with Gasteiger partial charge < -0.3 is 15.2 Å². The molecule has 2 N–H and O–H groups in total. The van der Waals surface area contributed by atoms with Gasteiger partial charge in [-0.2, -0.15) is 4.98 Å². The van der Waals surface area contributed by atoms with Gasteiger partial charge in [0.15, 0.2) is 0 Å². The van der Waals surface area contributed by atoms with Crippen LogP contribution >= 0.6 is 0 Å². The van der Waals surface area contributed by atoms with Crippen molar-refractivity contribution < 1.29 is 9.32 Å². The molecule has 0 radical (unpaired) electrons. The first kappa shape index (κ1) is 18.5. The Balaban J connectivity index is 1.42. The number of carbonyl (C=O) groups excluding carboxylic acids is 1. The van der Waals surface area contributed by atoms with E-state index in [1.807, 2.05) is 29.2 Å². The molecule has 1 aliphatic heterocycles. The van der Waals surface area contributed by atoms with Crippen LogP contribution in [0.2, 0.25) is 0 Å². The van der Waals surface area contributed by atoms with E-state index in [2.05, 4.69) is 22.0 Å². The molecule has 3 rings (SSSR count). The highest BCUT2D eigenvalue weighted by Gasteiger charge is 2.22. The summed E-state index contributed by atoms with van der Waals surface area (Å²) in [7, 11) is 0. The zero-order valence-electron chi connectivity index (χ0n) is 15.5. The van der Waals surface area contributed by atoms with Crippen LogP contribution in [0.5, 0.6) is 0 Å². The zero-order chi connectivity index (χ0) is 18.5. The predicted molar refractivity (Wildman–Crippen MR) is 99.5 cm³/mol. The SMILES string of the molecule is Cc1ccc(-c2noc(CCCN3CCN(C(=O)C(C)N)CC3)n2)cc1. The van der Waals surface area contributed by atoms with Crippen molar-refractivity contribution in [1.29, 1.82) is 0 Å². The molecular weight excluding hydrogens is 330 g/mol. The van der Waals surface area contributed by atoms with Gasteiger partial charge in [0.25, 0.3) is 0 Å². The minimum atomic E-state index is -0.415. The minimum absolute atomic E-state index is 0.0409. The van der Waals surface area contributed by atoms with Crippen LogP contribution in [0.25, 0.3) is 11.4 Å². The molecule has 1 amide bonds. The van der Waals surface area contributed by atoms with E-state index in [1.54, 1.807) is 6.92 Å². The normalized spacial score (nSPS) is 16.7. The number of amides is 1. The van der Waals surface area contributed by atoms with E-state index in [0.29, 0.717) is 11.7 Å². The zero-order valence-corrected chi connectivity index (χ0v) is 15.5. The van der Waals surface area contributed by atoms with Crippen LogP contribution in [0.4, 0.5) is 0 Å². The predicted octanol–water partition coefficient (Wildman–Crippen LogP) is 1.47. The first-order chi connectivity index (χ1) is 12.5. The Bertz CT molecular complexity index is 718. The van der Waals surface area contributed by atoms with Crippen molar-refractivity contribution in [2.75, 3.05) is 32.7 Å². The molecule has 1 saturated heterocycles. The number of piperazine rings is 1. The molecule has 1 atom stereocenters. The molecule has 1 aromatic heterocycles. The second kappa shape index (κ2) is 8.42. The molecule has 0 bridgehead atoms. The van der Waals surface area contributed by atoms with Crippen LogP contribution < -0.4 is 5.73 Å². The highest BCUT2D eigenvalue weighted by Crippen LogP contribution is 2.17. The molecule has 1 aliphatic rings. The van der Waals surface area contributed by atoms with Crippen LogP contribution in [0.15, 0.2) is 28.8 Å². The van der Waals surface area contributed by atoms with Crippen molar-refractivity contribution in [2.45, 2.75) is 32.7 Å². The third-order valence-electron chi connectivity index (χ3n) is 4.72. The van der Waals surface area contributed by atoms with Gasteiger partial charge >= 0.3 is 0 Å². The van der Waals surface area contributed by atoms with Gasteiger partial charge in [0, 0.05) is 38.2 Å². The Hall–Kier alpha value is -2.25. The van der Waals surface area contributed by atoms with E-state index < -0.39 is 6.04 Å². The molecule has 0 spiro atoms. The van der Waals surface area contributed by atoms with Gasteiger partial charge in [-0.15, -0.1) is 0 Å². The maximum atomic E-state index is 11.9. The van der Waals surface area contributed by atoms with Crippen LogP contribution in [-0.2, 0) is 11.2 Å². The lowest BCUT2D eigenvalue weighted by Gasteiger charge is -2.35. The molecule has 0 aliphatic carbocycles. The number of nitrogens with zero attached hydrogens (tertiary/aromatic N) is 4. The fraction of sp³-hybridized carbons (Fsp3) is 0.526. The summed E-state index contributed by atoms with van der Waals surface area (Å²) in [6.45, 7) is 8.02. The molecule has 2 heterocycles.